The number of aliphatic hydroxyl groups excluding tert-OH is 1. The van der Waals surface area contributed by atoms with Crippen LogP contribution in [0, 0.1) is 0 Å². The van der Waals surface area contributed by atoms with Gasteiger partial charge in [-0.05, 0) is 70.6 Å². The van der Waals surface area contributed by atoms with Crippen molar-refractivity contribution in [2.24, 2.45) is 0 Å². The Morgan fingerprint density at radius 1 is 0.404 bits per heavy atom. The van der Waals surface area contributed by atoms with Crippen molar-refractivity contribution >= 4 is 13.7 Å². The van der Waals surface area contributed by atoms with E-state index < -0.39 is 20.0 Å². The van der Waals surface area contributed by atoms with Crippen molar-refractivity contribution in [1.82, 2.24) is 5.32 Å². The van der Waals surface area contributed by atoms with Crippen LogP contribution in [0.4, 0.5) is 0 Å². The highest BCUT2D eigenvalue weighted by Gasteiger charge is 2.23. The van der Waals surface area contributed by atoms with Gasteiger partial charge in [0, 0.05) is 6.42 Å². The first kappa shape index (κ1) is 86.7. The minimum atomic E-state index is -4.61. The van der Waals surface area contributed by atoms with Crippen molar-refractivity contribution in [2.45, 2.75) is 379 Å². The first-order valence-corrected chi connectivity index (χ1v) is 39.9. The van der Waals surface area contributed by atoms with Gasteiger partial charge in [0.15, 0.2) is 0 Å². The zero-order valence-corrected chi connectivity index (χ0v) is 60.5. The van der Waals surface area contributed by atoms with Gasteiger partial charge >= 0.3 is 0 Å². The van der Waals surface area contributed by atoms with Crippen LogP contribution in [0.3, 0.4) is 0 Å². The summed E-state index contributed by atoms with van der Waals surface area (Å²) in [6.45, 7) is 4.58. The van der Waals surface area contributed by atoms with Crippen LogP contribution >= 0.6 is 7.82 Å². The molecule has 0 saturated carbocycles. The fourth-order valence-corrected chi connectivity index (χ4v) is 12.2. The number of hydrogen-bond acceptors (Lipinski definition) is 6. The lowest BCUT2D eigenvalue weighted by atomic mass is 10.0. The molecule has 0 saturated heterocycles. The first-order valence-electron chi connectivity index (χ1n) is 38.4. The molecular formula is C80H149N2O6P. The molecular weight excluding hydrogens is 1120 g/mol. The molecule has 0 fully saturated rings. The molecule has 0 aliphatic heterocycles. The lowest BCUT2D eigenvalue weighted by Crippen LogP contribution is -2.45. The average Bonchev–Trinajstić information content (AvgIpc) is 3.64. The van der Waals surface area contributed by atoms with Crippen LogP contribution in [0.1, 0.15) is 367 Å². The molecule has 0 aromatic carbocycles. The highest BCUT2D eigenvalue weighted by atomic mass is 31.2. The van der Waals surface area contributed by atoms with Gasteiger partial charge in [-0.15, -0.1) is 0 Å². The topological polar surface area (TPSA) is 108 Å². The third kappa shape index (κ3) is 73.0. The summed E-state index contributed by atoms with van der Waals surface area (Å²) in [7, 11) is 1.27. The second kappa shape index (κ2) is 70.0. The average molecular weight is 1270 g/mol. The van der Waals surface area contributed by atoms with Crippen LogP contribution < -0.4 is 10.2 Å². The van der Waals surface area contributed by atoms with Gasteiger partial charge in [-0.1, -0.05) is 375 Å². The van der Waals surface area contributed by atoms with Crippen molar-refractivity contribution < 1.29 is 32.9 Å². The van der Waals surface area contributed by atoms with Gasteiger partial charge < -0.3 is 28.8 Å². The van der Waals surface area contributed by atoms with E-state index in [9.17, 15) is 19.4 Å². The molecule has 8 nitrogen and oxygen atoms in total. The number of hydrogen-bond donors (Lipinski definition) is 2. The Morgan fingerprint density at radius 2 is 0.685 bits per heavy atom. The number of allylic oxidation sites excluding steroid dienone is 13. The van der Waals surface area contributed by atoms with Crippen LogP contribution in [-0.2, 0) is 18.4 Å². The number of aliphatic hydroxyl groups is 1. The van der Waals surface area contributed by atoms with E-state index in [1.165, 1.54) is 270 Å². The number of phosphoric acid groups is 1. The van der Waals surface area contributed by atoms with Crippen LogP contribution in [0.5, 0.6) is 0 Å². The second-order valence-electron chi connectivity index (χ2n) is 27.3. The number of rotatable bonds is 71. The summed E-state index contributed by atoms with van der Waals surface area (Å²) in [6.07, 6.45) is 100. The molecule has 2 N–H and O–H groups in total. The summed E-state index contributed by atoms with van der Waals surface area (Å²) in [5, 5.41) is 14.0. The standard InChI is InChI=1S/C80H149N2O6P/c1-6-8-10-12-14-16-18-20-22-24-26-28-30-32-34-36-38-40-41-42-44-46-48-50-52-54-56-58-60-62-64-66-68-70-72-74-80(84)81-78(77-88-89(85,86)87-76-75-82(3,4)5)79(83)73-71-69-67-65-63-61-59-57-55-53-51-49-47-45-43-39-37-35-33-31-29-27-25-23-21-19-17-15-13-11-9-7-2/h8,10,14,16,20,22,26,28,32,34,38,40,71,73,78-79,83H,6-7,9,11-13,15,17-19,21,23-25,27,29-31,33,35-37,39,41-70,72,74-77H2,1-5H3,(H-,81,84,85,86)/b10-8-,16-14-,22-20-,28-26-,34-32-,40-38-,73-71+. The largest absolute Gasteiger partial charge is 0.756 e. The molecule has 0 spiro atoms. The van der Waals surface area contributed by atoms with E-state index in [0.717, 1.165) is 77.0 Å². The summed E-state index contributed by atoms with van der Waals surface area (Å²) in [4.78, 5) is 25.7. The van der Waals surface area contributed by atoms with Gasteiger partial charge in [-0.3, -0.25) is 9.36 Å². The van der Waals surface area contributed by atoms with Crippen LogP contribution in [0.15, 0.2) is 85.1 Å². The van der Waals surface area contributed by atoms with Crippen molar-refractivity contribution in [1.29, 1.82) is 0 Å². The van der Waals surface area contributed by atoms with Gasteiger partial charge in [0.1, 0.15) is 13.2 Å². The van der Waals surface area contributed by atoms with E-state index in [2.05, 4.69) is 92.1 Å². The molecule has 520 valence electrons. The minimum absolute atomic E-state index is 0.00205. The van der Waals surface area contributed by atoms with E-state index in [1.807, 2.05) is 27.2 Å². The van der Waals surface area contributed by atoms with Crippen molar-refractivity contribution in [3.8, 4) is 0 Å². The smallest absolute Gasteiger partial charge is 0.268 e. The van der Waals surface area contributed by atoms with E-state index in [0.29, 0.717) is 17.4 Å². The Morgan fingerprint density at radius 3 is 1.00 bits per heavy atom. The molecule has 0 rings (SSSR count). The molecule has 0 aliphatic rings. The molecule has 0 radical (unpaired) electrons. The Labute approximate surface area is 554 Å². The molecule has 0 heterocycles. The molecule has 0 aromatic rings. The SMILES string of the molecule is CC/C=C\C/C=C\C/C=C\C/C=C\C/C=C\C/C=C\CCCCCCCCCCCCCCCCCCC(=O)NC(COP(=O)([O-])OCC[N+](C)(C)C)C(O)/C=C/CCCCCCCCCCCCCCCCCCCCCCCCCCCCCCCC. The zero-order valence-electron chi connectivity index (χ0n) is 59.6. The van der Waals surface area contributed by atoms with Gasteiger partial charge in [0.2, 0.25) is 5.91 Å². The lowest BCUT2D eigenvalue weighted by molar-refractivity contribution is -0.870. The number of unbranched alkanes of at least 4 members (excludes halogenated alkanes) is 46. The van der Waals surface area contributed by atoms with Gasteiger partial charge in [-0.25, -0.2) is 0 Å². The summed E-state index contributed by atoms with van der Waals surface area (Å²) in [5.74, 6) is -0.194. The number of quaternary nitrogens is 1. The fourth-order valence-electron chi connectivity index (χ4n) is 11.5. The van der Waals surface area contributed by atoms with Gasteiger partial charge in [0.05, 0.1) is 39.9 Å². The van der Waals surface area contributed by atoms with E-state index >= 15 is 0 Å². The third-order valence-electron chi connectivity index (χ3n) is 17.4. The van der Waals surface area contributed by atoms with Crippen molar-refractivity contribution in [2.75, 3.05) is 40.9 Å². The molecule has 0 bridgehead atoms. The monoisotopic (exact) mass is 1270 g/mol. The van der Waals surface area contributed by atoms with E-state index in [1.54, 1.807) is 6.08 Å². The predicted molar refractivity (Wildman–Crippen MR) is 390 cm³/mol. The Balaban J connectivity index is 4.01. The summed E-state index contributed by atoms with van der Waals surface area (Å²) >= 11 is 0. The van der Waals surface area contributed by atoms with Crippen LogP contribution in [-0.4, -0.2) is 68.5 Å². The fraction of sp³-hybridized carbons (Fsp3) is 0.812. The molecule has 0 aromatic heterocycles. The number of nitrogens with zero attached hydrogens (tertiary/aromatic N) is 1. The Hall–Kier alpha value is -2.32. The maximum atomic E-state index is 13.1. The Kier molecular flexibility index (Phi) is 68.2. The summed E-state index contributed by atoms with van der Waals surface area (Å²) in [6, 6.07) is -0.892. The zero-order chi connectivity index (χ0) is 64.8. The predicted octanol–water partition coefficient (Wildman–Crippen LogP) is 24.4. The summed E-state index contributed by atoms with van der Waals surface area (Å²) < 4.78 is 23.5. The molecule has 0 aliphatic carbocycles. The second-order valence-corrected chi connectivity index (χ2v) is 28.7. The highest BCUT2D eigenvalue weighted by molar-refractivity contribution is 7.45. The first-order chi connectivity index (χ1) is 43.5. The van der Waals surface area contributed by atoms with Gasteiger partial charge in [0.25, 0.3) is 7.82 Å². The molecule has 9 heteroatoms. The van der Waals surface area contributed by atoms with E-state index in [-0.39, 0.29) is 19.1 Å². The van der Waals surface area contributed by atoms with Crippen LogP contribution in [0.25, 0.3) is 0 Å². The number of nitrogens with one attached hydrogen (secondary N) is 1. The Bertz CT molecular complexity index is 1730. The summed E-state index contributed by atoms with van der Waals surface area (Å²) in [5.41, 5.74) is 0. The number of amides is 1. The molecule has 1 amide bonds. The molecule has 89 heavy (non-hydrogen) atoms. The van der Waals surface area contributed by atoms with Gasteiger partial charge in [-0.2, -0.15) is 0 Å². The number of carbonyl (C=O) groups is 1. The van der Waals surface area contributed by atoms with Crippen molar-refractivity contribution in [3.63, 3.8) is 0 Å². The lowest BCUT2D eigenvalue weighted by Gasteiger charge is -2.29. The maximum absolute atomic E-state index is 13.1. The maximum Gasteiger partial charge on any atom is 0.268 e. The van der Waals surface area contributed by atoms with E-state index in [4.69, 9.17) is 9.05 Å². The molecule has 3 unspecified atom stereocenters. The minimum Gasteiger partial charge on any atom is -0.756 e. The third-order valence-corrected chi connectivity index (χ3v) is 18.3. The molecule has 3 atom stereocenters. The highest BCUT2D eigenvalue weighted by Crippen LogP contribution is 2.38. The number of carbonyl (C=O) groups excluding carboxylic acids is 1. The van der Waals surface area contributed by atoms with Crippen LogP contribution in [0.2, 0.25) is 0 Å². The van der Waals surface area contributed by atoms with Crippen molar-refractivity contribution in [3.05, 3.63) is 85.1 Å². The quantitative estimate of drug-likeness (QED) is 0.0272. The number of phosphoric ester groups is 1. The number of likely N-dealkylation sites (N-methyl/N-ethyl adjacent to an activating group) is 1. The normalized spacial score (nSPS) is 14.0.